The molecular weight excluding hydrogens is 380 g/mol. The van der Waals surface area contributed by atoms with E-state index in [1.54, 1.807) is 0 Å². The first-order valence-electron chi connectivity index (χ1n) is 12.3. The molecule has 1 aliphatic carbocycles. The second-order valence-corrected chi connectivity index (χ2v) is 9.42. The third-order valence-corrected chi connectivity index (χ3v) is 6.89. The van der Waals surface area contributed by atoms with Gasteiger partial charge in [0.15, 0.2) is 5.78 Å². The van der Waals surface area contributed by atoms with Crippen molar-refractivity contribution in [2.24, 2.45) is 5.92 Å². The highest BCUT2D eigenvalue weighted by molar-refractivity contribution is 6.07. The number of hydrogen-bond donors (Lipinski definition) is 0. The largest absolute Gasteiger partial charge is 0.300 e. The summed E-state index contributed by atoms with van der Waals surface area (Å²) in [6.45, 7) is 3.74. The summed E-state index contributed by atoms with van der Waals surface area (Å²) in [6, 6.07) is 16.6. The highest BCUT2D eigenvalue weighted by Gasteiger charge is 2.22. The Hall–Kier alpha value is -2.22. The maximum atomic E-state index is 12.0. The van der Waals surface area contributed by atoms with Gasteiger partial charge in [-0.15, -0.1) is 0 Å². The lowest BCUT2D eigenvalue weighted by molar-refractivity contribution is -0.116. The Labute approximate surface area is 188 Å². The van der Waals surface area contributed by atoms with Gasteiger partial charge in [-0.25, -0.2) is 0 Å². The first-order valence-corrected chi connectivity index (χ1v) is 12.3. The van der Waals surface area contributed by atoms with Crippen LogP contribution in [0.5, 0.6) is 0 Å². The van der Waals surface area contributed by atoms with Gasteiger partial charge in [0.25, 0.3) is 0 Å². The molecule has 0 heterocycles. The molecule has 0 N–H and O–H groups in total. The minimum absolute atomic E-state index is 0.0187. The Morgan fingerprint density at radius 2 is 1.35 bits per heavy atom. The summed E-state index contributed by atoms with van der Waals surface area (Å²) in [5.74, 6) is 1.45. The Bertz CT molecular complexity index is 824. The van der Waals surface area contributed by atoms with Crippen molar-refractivity contribution in [2.75, 3.05) is 0 Å². The van der Waals surface area contributed by atoms with Gasteiger partial charge in [0, 0.05) is 5.56 Å². The molecule has 0 atom stereocenters. The molecule has 1 fully saturated rings. The molecule has 1 saturated carbocycles. The molecule has 2 aromatic rings. The summed E-state index contributed by atoms with van der Waals surface area (Å²) >= 11 is 0. The molecule has 2 nitrogen and oxygen atoms in total. The van der Waals surface area contributed by atoms with Gasteiger partial charge in [-0.3, -0.25) is 9.59 Å². The monoisotopic (exact) mass is 418 g/mol. The summed E-state index contributed by atoms with van der Waals surface area (Å²) in [5.41, 5.74) is 4.36. The highest BCUT2D eigenvalue weighted by atomic mass is 16.1. The lowest BCUT2D eigenvalue weighted by Gasteiger charge is -2.29. The lowest BCUT2D eigenvalue weighted by Crippen LogP contribution is -2.13. The van der Waals surface area contributed by atoms with Gasteiger partial charge in [0.2, 0.25) is 0 Å². The summed E-state index contributed by atoms with van der Waals surface area (Å²) < 4.78 is 0. The number of Topliss-reactive ketones (excluding diaryl/α,β-unsaturated/α-hetero) is 2. The molecule has 0 aliphatic heterocycles. The number of ketones is 2. The Morgan fingerprint density at radius 3 is 1.94 bits per heavy atom. The van der Waals surface area contributed by atoms with Crippen molar-refractivity contribution in [1.82, 2.24) is 0 Å². The molecule has 0 amide bonds. The molecular formula is C29H38O2. The van der Waals surface area contributed by atoms with Gasteiger partial charge >= 0.3 is 0 Å². The zero-order chi connectivity index (χ0) is 22.1. The molecule has 0 aromatic heterocycles. The van der Waals surface area contributed by atoms with E-state index in [-0.39, 0.29) is 18.0 Å². The molecule has 0 spiro atoms. The predicted molar refractivity (Wildman–Crippen MR) is 130 cm³/mol. The van der Waals surface area contributed by atoms with E-state index in [4.69, 9.17) is 0 Å². The lowest BCUT2D eigenvalue weighted by atomic mass is 9.77. The van der Waals surface area contributed by atoms with Crippen molar-refractivity contribution < 1.29 is 9.59 Å². The van der Waals surface area contributed by atoms with Crippen LogP contribution < -0.4 is 0 Å². The van der Waals surface area contributed by atoms with E-state index in [9.17, 15) is 9.59 Å². The Kier molecular flexibility index (Phi) is 9.06. The van der Waals surface area contributed by atoms with Gasteiger partial charge in [0.1, 0.15) is 5.78 Å². The van der Waals surface area contributed by atoms with E-state index in [1.807, 2.05) is 24.3 Å². The fraction of sp³-hybridized carbons (Fsp3) is 0.517. The van der Waals surface area contributed by atoms with Crippen LogP contribution >= 0.6 is 0 Å². The average molecular weight is 419 g/mol. The van der Waals surface area contributed by atoms with E-state index < -0.39 is 0 Å². The van der Waals surface area contributed by atoms with Gasteiger partial charge in [-0.05, 0) is 61.1 Å². The number of carbonyl (C=O) groups excluding carboxylic acids is 2. The van der Waals surface area contributed by atoms with Gasteiger partial charge < -0.3 is 0 Å². The molecule has 0 unspecified atom stereocenters. The van der Waals surface area contributed by atoms with E-state index in [0.717, 1.165) is 11.5 Å². The van der Waals surface area contributed by atoms with E-state index >= 15 is 0 Å². The molecule has 2 heteroatoms. The molecule has 0 radical (unpaired) electrons. The average Bonchev–Trinajstić information content (AvgIpc) is 2.79. The third kappa shape index (κ3) is 7.16. The molecule has 0 saturated heterocycles. The first kappa shape index (κ1) is 23.4. The predicted octanol–water partition coefficient (Wildman–Crippen LogP) is 8.15. The van der Waals surface area contributed by atoms with Crippen molar-refractivity contribution in [1.29, 1.82) is 0 Å². The van der Waals surface area contributed by atoms with Gasteiger partial charge in [-0.1, -0.05) is 94.0 Å². The van der Waals surface area contributed by atoms with Gasteiger partial charge in [-0.2, -0.15) is 0 Å². The number of carbonyl (C=O) groups is 2. The fourth-order valence-electron chi connectivity index (χ4n) is 4.95. The molecule has 31 heavy (non-hydrogen) atoms. The first-order chi connectivity index (χ1) is 15.1. The number of unbranched alkanes of at least 4 members (excludes halogenated alkanes) is 4. The smallest absolute Gasteiger partial charge is 0.170 e. The Balaban J connectivity index is 1.49. The zero-order valence-electron chi connectivity index (χ0n) is 19.4. The summed E-state index contributed by atoms with van der Waals surface area (Å²) in [6.07, 6.45) is 13.8. The second-order valence-electron chi connectivity index (χ2n) is 9.42. The molecule has 3 rings (SSSR count). The molecule has 1 aliphatic rings. The van der Waals surface area contributed by atoms with Crippen LogP contribution in [0.1, 0.15) is 106 Å². The van der Waals surface area contributed by atoms with Crippen molar-refractivity contribution >= 4 is 11.6 Å². The van der Waals surface area contributed by atoms with Crippen LogP contribution in [-0.4, -0.2) is 11.6 Å². The second kappa shape index (κ2) is 12.0. The van der Waals surface area contributed by atoms with Crippen LogP contribution in [0.4, 0.5) is 0 Å². The SMILES string of the molecule is CCCCCCCC1CCC(c2ccc(-c3ccc(C(=O)CC(C)=O)cc3)cc2)CC1. The molecule has 0 bridgehead atoms. The number of rotatable bonds is 11. The van der Waals surface area contributed by atoms with Crippen molar-refractivity contribution in [3.05, 3.63) is 59.7 Å². The Morgan fingerprint density at radius 1 is 0.774 bits per heavy atom. The van der Waals surface area contributed by atoms with Gasteiger partial charge in [0.05, 0.1) is 6.42 Å². The van der Waals surface area contributed by atoms with E-state index in [0.29, 0.717) is 11.5 Å². The summed E-state index contributed by atoms with van der Waals surface area (Å²) in [4.78, 5) is 23.2. The molecule has 2 aromatic carbocycles. The quantitative estimate of drug-likeness (QED) is 0.209. The van der Waals surface area contributed by atoms with Crippen molar-refractivity contribution in [3.63, 3.8) is 0 Å². The van der Waals surface area contributed by atoms with Crippen LogP contribution in [0.15, 0.2) is 48.5 Å². The van der Waals surface area contributed by atoms with Crippen molar-refractivity contribution in [2.45, 2.75) is 90.4 Å². The summed E-state index contributed by atoms with van der Waals surface area (Å²) in [7, 11) is 0. The van der Waals surface area contributed by atoms with E-state index in [2.05, 4.69) is 31.2 Å². The number of benzene rings is 2. The standard InChI is InChI=1S/C29H38O2/c1-3-4-5-6-7-8-23-9-11-24(12-10-23)25-13-15-26(16-14-25)27-17-19-28(20-18-27)29(31)21-22(2)30/h13-20,23-24H,3-12,21H2,1-2H3. The minimum Gasteiger partial charge on any atom is -0.300 e. The molecule has 166 valence electrons. The van der Waals surface area contributed by atoms with Crippen LogP contribution in [-0.2, 0) is 4.79 Å². The van der Waals surface area contributed by atoms with Crippen molar-refractivity contribution in [3.8, 4) is 11.1 Å². The maximum Gasteiger partial charge on any atom is 0.170 e. The zero-order valence-corrected chi connectivity index (χ0v) is 19.4. The van der Waals surface area contributed by atoms with Crippen LogP contribution in [0.2, 0.25) is 0 Å². The summed E-state index contributed by atoms with van der Waals surface area (Å²) in [5, 5.41) is 0. The number of hydrogen-bond acceptors (Lipinski definition) is 2. The van der Waals surface area contributed by atoms with Crippen LogP contribution in [0.25, 0.3) is 11.1 Å². The maximum absolute atomic E-state index is 12.0. The van der Waals surface area contributed by atoms with Crippen LogP contribution in [0.3, 0.4) is 0 Å². The topological polar surface area (TPSA) is 34.1 Å². The highest BCUT2D eigenvalue weighted by Crippen LogP contribution is 2.38. The fourth-order valence-corrected chi connectivity index (χ4v) is 4.95. The normalized spacial score (nSPS) is 18.6. The van der Waals surface area contributed by atoms with Crippen LogP contribution in [0, 0.1) is 5.92 Å². The minimum atomic E-state index is -0.106. The van der Waals surface area contributed by atoms with E-state index in [1.165, 1.54) is 82.3 Å². The third-order valence-electron chi connectivity index (χ3n) is 6.89.